The molecule has 0 saturated heterocycles. The molecule has 0 bridgehead atoms. The molecule has 1 aliphatic carbocycles. The van der Waals surface area contributed by atoms with Gasteiger partial charge >= 0.3 is 0 Å². The van der Waals surface area contributed by atoms with E-state index in [4.69, 9.17) is 4.98 Å². The number of hydrogen-bond acceptors (Lipinski definition) is 4. The van der Waals surface area contributed by atoms with Gasteiger partial charge in [-0.15, -0.1) is 0 Å². The lowest BCUT2D eigenvalue weighted by molar-refractivity contribution is 0.0964. The number of hydrogen-bond donors (Lipinski definition) is 0. The number of aromatic nitrogens is 3. The second-order valence-electron chi connectivity index (χ2n) is 6.32. The summed E-state index contributed by atoms with van der Waals surface area (Å²) < 4.78 is 2.98. The lowest BCUT2D eigenvalue weighted by Gasteiger charge is -2.22. The number of nitrogens with zero attached hydrogens (tertiary/aromatic N) is 3. The largest absolute Gasteiger partial charge is 0.294 e. The summed E-state index contributed by atoms with van der Waals surface area (Å²) in [6.07, 6.45) is 3.05. The highest BCUT2D eigenvalue weighted by Crippen LogP contribution is 2.34. The first kappa shape index (κ1) is 14.5. The molecule has 4 aromatic rings. The van der Waals surface area contributed by atoms with E-state index in [-0.39, 0.29) is 11.7 Å². The molecule has 0 aliphatic heterocycles. The van der Waals surface area contributed by atoms with Crippen LogP contribution in [0.2, 0.25) is 0 Å². The van der Waals surface area contributed by atoms with Crippen molar-refractivity contribution in [2.45, 2.75) is 18.8 Å². The summed E-state index contributed by atoms with van der Waals surface area (Å²) in [5.41, 5.74) is 3.89. The molecule has 0 fully saturated rings. The maximum absolute atomic E-state index is 12.6. The van der Waals surface area contributed by atoms with E-state index in [0.29, 0.717) is 6.42 Å². The number of fused-ring (bicyclic) bond motifs is 2. The molecule has 5 rings (SSSR count). The first-order valence-electron chi connectivity index (χ1n) is 8.30. The van der Waals surface area contributed by atoms with Crippen molar-refractivity contribution in [2.24, 2.45) is 0 Å². The fraction of sp³-hybridized carbons (Fsp3) is 0.150. The third-order valence-electron chi connectivity index (χ3n) is 4.78. The highest BCUT2D eigenvalue weighted by atomic mass is 32.1. The standard InChI is InChI=1S/C20H15N3OS/c24-18-11-14(13-6-2-1-3-7-13)10-17-15(18)12-21-23(17)20-22-16-8-4-5-9-19(16)25-20/h1-9,12,14H,10-11H2. The monoisotopic (exact) mass is 345 g/mol. The van der Waals surface area contributed by atoms with Gasteiger partial charge in [0.15, 0.2) is 5.78 Å². The lowest BCUT2D eigenvalue weighted by atomic mass is 9.82. The SMILES string of the molecule is O=C1CC(c2ccccc2)Cc2c1cnn2-c1nc2ccccc2s1. The van der Waals surface area contributed by atoms with Crippen molar-refractivity contribution in [1.82, 2.24) is 14.8 Å². The van der Waals surface area contributed by atoms with Gasteiger partial charge in [-0.1, -0.05) is 53.8 Å². The van der Waals surface area contributed by atoms with Crippen LogP contribution < -0.4 is 0 Å². The maximum Gasteiger partial charge on any atom is 0.211 e. The van der Waals surface area contributed by atoms with E-state index >= 15 is 0 Å². The number of benzene rings is 2. The molecule has 0 spiro atoms. The first-order chi connectivity index (χ1) is 12.3. The van der Waals surface area contributed by atoms with Crippen LogP contribution in [0.3, 0.4) is 0 Å². The second-order valence-corrected chi connectivity index (χ2v) is 7.33. The van der Waals surface area contributed by atoms with Crippen molar-refractivity contribution in [3.8, 4) is 5.13 Å². The summed E-state index contributed by atoms with van der Waals surface area (Å²) in [6.45, 7) is 0. The van der Waals surface area contributed by atoms with E-state index < -0.39 is 0 Å². The predicted molar refractivity (Wildman–Crippen MR) is 98.6 cm³/mol. The summed E-state index contributed by atoms with van der Waals surface area (Å²) in [5.74, 6) is 0.369. The summed E-state index contributed by atoms with van der Waals surface area (Å²) in [7, 11) is 0. The van der Waals surface area contributed by atoms with Crippen LogP contribution in [0, 0.1) is 0 Å². The van der Waals surface area contributed by atoms with Crippen molar-refractivity contribution in [3.05, 3.63) is 77.6 Å². The van der Waals surface area contributed by atoms with Crippen molar-refractivity contribution in [2.75, 3.05) is 0 Å². The van der Waals surface area contributed by atoms with Crippen LogP contribution in [0.1, 0.15) is 34.0 Å². The number of rotatable bonds is 2. The fourth-order valence-corrected chi connectivity index (χ4v) is 4.47. The van der Waals surface area contributed by atoms with Crippen LogP contribution in [0.4, 0.5) is 0 Å². The van der Waals surface area contributed by atoms with Gasteiger partial charge in [0.2, 0.25) is 5.13 Å². The molecular weight excluding hydrogens is 330 g/mol. The van der Waals surface area contributed by atoms with Gasteiger partial charge in [-0.3, -0.25) is 4.79 Å². The molecule has 1 atom stereocenters. The summed E-state index contributed by atoms with van der Waals surface area (Å²) in [6, 6.07) is 18.3. The minimum absolute atomic E-state index is 0.169. The van der Waals surface area contributed by atoms with Gasteiger partial charge in [-0.25, -0.2) is 9.67 Å². The highest BCUT2D eigenvalue weighted by Gasteiger charge is 2.30. The third-order valence-corrected chi connectivity index (χ3v) is 5.79. The van der Waals surface area contributed by atoms with E-state index in [0.717, 1.165) is 33.0 Å². The topological polar surface area (TPSA) is 47.8 Å². The van der Waals surface area contributed by atoms with Crippen molar-refractivity contribution < 1.29 is 4.79 Å². The van der Waals surface area contributed by atoms with E-state index in [9.17, 15) is 4.79 Å². The molecule has 25 heavy (non-hydrogen) atoms. The van der Waals surface area contributed by atoms with Crippen LogP contribution in [0.25, 0.3) is 15.3 Å². The normalized spacial score (nSPS) is 17.0. The summed E-state index contributed by atoms with van der Waals surface area (Å²) in [5, 5.41) is 5.31. The molecule has 0 saturated carbocycles. The average Bonchev–Trinajstić information content (AvgIpc) is 3.26. The second kappa shape index (κ2) is 5.63. The molecular formula is C20H15N3OS. The Balaban J connectivity index is 1.60. The van der Waals surface area contributed by atoms with Gasteiger partial charge in [0.05, 0.1) is 27.7 Å². The number of para-hydroxylation sites is 1. The zero-order chi connectivity index (χ0) is 16.8. The Labute approximate surface area is 148 Å². The van der Waals surface area contributed by atoms with Crippen LogP contribution in [0.5, 0.6) is 0 Å². The maximum atomic E-state index is 12.6. The Kier molecular flexibility index (Phi) is 3.28. The summed E-state index contributed by atoms with van der Waals surface area (Å²) in [4.78, 5) is 17.3. The van der Waals surface area contributed by atoms with Crippen molar-refractivity contribution in [3.63, 3.8) is 0 Å². The van der Waals surface area contributed by atoms with Crippen LogP contribution in [0.15, 0.2) is 60.8 Å². The Bertz CT molecular complexity index is 1050. The van der Waals surface area contributed by atoms with Gasteiger partial charge < -0.3 is 0 Å². The number of thiazole rings is 1. The van der Waals surface area contributed by atoms with E-state index in [2.05, 4.69) is 23.3 Å². The van der Waals surface area contributed by atoms with Crippen LogP contribution >= 0.6 is 11.3 Å². The Hall–Kier alpha value is -2.79. The number of Topliss-reactive ketones (excluding diaryl/α,β-unsaturated/α-hetero) is 1. The molecule has 4 nitrogen and oxygen atoms in total. The molecule has 1 unspecified atom stereocenters. The Morgan fingerprint density at radius 1 is 1.00 bits per heavy atom. The number of carbonyl (C=O) groups is 1. The molecule has 122 valence electrons. The van der Waals surface area contributed by atoms with E-state index in [1.165, 1.54) is 5.56 Å². The zero-order valence-electron chi connectivity index (χ0n) is 13.4. The van der Waals surface area contributed by atoms with Gasteiger partial charge in [0.1, 0.15) is 0 Å². The Morgan fingerprint density at radius 2 is 1.80 bits per heavy atom. The average molecular weight is 345 g/mol. The molecule has 2 aromatic carbocycles. The fourth-order valence-electron chi connectivity index (χ4n) is 3.52. The van der Waals surface area contributed by atoms with Crippen LogP contribution in [-0.4, -0.2) is 20.5 Å². The molecule has 5 heteroatoms. The third kappa shape index (κ3) is 2.39. The molecule has 2 heterocycles. The van der Waals surface area contributed by atoms with Gasteiger partial charge in [-0.2, -0.15) is 5.10 Å². The first-order valence-corrected chi connectivity index (χ1v) is 9.12. The van der Waals surface area contributed by atoms with E-state index in [1.54, 1.807) is 17.5 Å². The van der Waals surface area contributed by atoms with Crippen molar-refractivity contribution in [1.29, 1.82) is 0 Å². The quantitative estimate of drug-likeness (QED) is 0.541. The lowest BCUT2D eigenvalue weighted by Crippen LogP contribution is -2.20. The molecule has 0 amide bonds. The van der Waals surface area contributed by atoms with Gasteiger partial charge in [-0.05, 0) is 30.0 Å². The minimum Gasteiger partial charge on any atom is -0.294 e. The number of carbonyl (C=O) groups excluding carboxylic acids is 1. The van der Waals surface area contributed by atoms with Crippen LogP contribution in [-0.2, 0) is 6.42 Å². The summed E-state index contributed by atoms with van der Waals surface area (Å²) >= 11 is 1.60. The highest BCUT2D eigenvalue weighted by molar-refractivity contribution is 7.20. The van der Waals surface area contributed by atoms with Gasteiger partial charge in [0, 0.05) is 6.42 Å². The predicted octanol–water partition coefficient (Wildman–Crippen LogP) is 4.39. The molecule has 2 aromatic heterocycles. The Morgan fingerprint density at radius 3 is 2.64 bits per heavy atom. The molecule has 1 aliphatic rings. The smallest absolute Gasteiger partial charge is 0.211 e. The zero-order valence-corrected chi connectivity index (χ0v) is 14.2. The van der Waals surface area contributed by atoms with E-state index in [1.807, 2.05) is 41.1 Å². The molecule has 0 radical (unpaired) electrons. The minimum atomic E-state index is 0.169. The number of ketones is 1. The van der Waals surface area contributed by atoms with Crippen molar-refractivity contribution >= 4 is 27.3 Å². The molecule has 0 N–H and O–H groups in total. The van der Waals surface area contributed by atoms with Gasteiger partial charge in [0.25, 0.3) is 0 Å².